The third-order valence-electron chi connectivity index (χ3n) is 6.47. The molecule has 1 atom stereocenters. The number of benzene rings is 1. The summed E-state index contributed by atoms with van der Waals surface area (Å²) < 4.78 is 7.83. The van der Waals surface area contributed by atoms with Crippen molar-refractivity contribution in [3.63, 3.8) is 0 Å². The number of carbonyl (C=O) groups is 1. The minimum Gasteiger partial charge on any atom is -0.497 e. The van der Waals surface area contributed by atoms with Crippen molar-refractivity contribution in [2.75, 3.05) is 7.11 Å². The lowest BCUT2D eigenvalue weighted by Gasteiger charge is -2.28. The molecule has 0 saturated heterocycles. The Bertz CT molecular complexity index is 817. The van der Waals surface area contributed by atoms with Crippen LogP contribution in [0.3, 0.4) is 0 Å². The second-order valence-electron chi connectivity index (χ2n) is 8.15. The van der Waals surface area contributed by atoms with E-state index in [1.165, 1.54) is 48.7 Å². The summed E-state index contributed by atoms with van der Waals surface area (Å²) in [5, 5.41) is 4.67. The van der Waals surface area contributed by atoms with Crippen molar-refractivity contribution in [3.05, 3.63) is 29.5 Å². The summed E-state index contributed by atoms with van der Waals surface area (Å²) in [5.74, 6) is 1.05. The molecule has 2 aromatic rings. The average Bonchev–Trinajstić information content (AvgIpc) is 3.03. The number of hydrogen-bond donors (Lipinski definition) is 1. The maximum atomic E-state index is 13.3. The number of aryl methyl sites for hydroxylation is 1. The van der Waals surface area contributed by atoms with Gasteiger partial charge in [-0.15, -0.1) is 0 Å². The van der Waals surface area contributed by atoms with Gasteiger partial charge in [0.15, 0.2) is 0 Å². The quantitative estimate of drug-likeness (QED) is 0.813. The number of hydrogen-bond acceptors (Lipinski definition) is 2. The normalized spacial score (nSPS) is 18.9. The van der Waals surface area contributed by atoms with Gasteiger partial charge in [0.2, 0.25) is 5.91 Å². The molecule has 1 fully saturated rings. The number of amides is 1. The maximum Gasteiger partial charge on any atom is 0.243 e. The molecule has 0 bridgehead atoms. The van der Waals surface area contributed by atoms with Crippen LogP contribution in [-0.4, -0.2) is 23.6 Å². The van der Waals surface area contributed by atoms with Crippen LogP contribution in [0.2, 0.25) is 0 Å². The van der Waals surface area contributed by atoms with Crippen LogP contribution in [-0.2, 0) is 17.6 Å². The second-order valence-corrected chi connectivity index (χ2v) is 8.15. The topological polar surface area (TPSA) is 43.3 Å². The van der Waals surface area contributed by atoms with Crippen LogP contribution >= 0.6 is 0 Å². The van der Waals surface area contributed by atoms with Crippen molar-refractivity contribution in [1.82, 2.24) is 9.88 Å². The zero-order valence-corrected chi connectivity index (χ0v) is 16.7. The molecule has 27 heavy (non-hydrogen) atoms. The molecular formula is C23H32N2O2. The smallest absolute Gasteiger partial charge is 0.243 e. The highest BCUT2D eigenvalue weighted by atomic mass is 16.5. The third kappa shape index (κ3) is 3.46. The standard InChI is InChI=1S/C23H32N2O2/c1-3-20(23(26)24-16-9-5-4-6-10-16)25-21-12-8-7-11-18(21)19-14-13-17(27-2)15-22(19)25/h13-16,20H,3-12H2,1-2H3,(H,24,26). The van der Waals surface area contributed by atoms with Gasteiger partial charge in [-0.1, -0.05) is 26.2 Å². The van der Waals surface area contributed by atoms with E-state index in [1.54, 1.807) is 7.11 Å². The number of ether oxygens (including phenoxy) is 1. The largest absolute Gasteiger partial charge is 0.497 e. The highest BCUT2D eigenvalue weighted by Gasteiger charge is 2.29. The molecule has 146 valence electrons. The van der Waals surface area contributed by atoms with Crippen LogP contribution in [0.5, 0.6) is 5.75 Å². The molecule has 2 aliphatic rings. The van der Waals surface area contributed by atoms with E-state index in [2.05, 4.69) is 28.9 Å². The molecule has 1 aromatic carbocycles. The summed E-state index contributed by atoms with van der Waals surface area (Å²) in [6, 6.07) is 6.56. The molecule has 2 aliphatic carbocycles. The molecule has 4 heteroatoms. The van der Waals surface area contributed by atoms with Gasteiger partial charge in [-0.3, -0.25) is 4.79 Å². The van der Waals surface area contributed by atoms with Crippen molar-refractivity contribution in [2.24, 2.45) is 0 Å². The van der Waals surface area contributed by atoms with Crippen LogP contribution in [0.15, 0.2) is 18.2 Å². The Morgan fingerprint density at radius 3 is 2.70 bits per heavy atom. The molecule has 0 radical (unpaired) electrons. The zero-order valence-electron chi connectivity index (χ0n) is 16.7. The Balaban J connectivity index is 1.74. The van der Waals surface area contributed by atoms with E-state index < -0.39 is 0 Å². The van der Waals surface area contributed by atoms with Crippen LogP contribution in [0.4, 0.5) is 0 Å². The second kappa shape index (κ2) is 7.95. The molecule has 1 unspecified atom stereocenters. The first kappa shape index (κ1) is 18.4. The van der Waals surface area contributed by atoms with Gasteiger partial charge in [0, 0.05) is 23.2 Å². The van der Waals surface area contributed by atoms with Crippen LogP contribution in [0.1, 0.15) is 75.6 Å². The monoisotopic (exact) mass is 368 g/mol. The number of rotatable bonds is 5. The van der Waals surface area contributed by atoms with Gasteiger partial charge in [0.1, 0.15) is 11.8 Å². The molecule has 1 heterocycles. The summed E-state index contributed by atoms with van der Waals surface area (Å²) >= 11 is 0. The van der Waals surface area contributed by atoms with E-state index >= 15 is 0 Å². The molecule has 4 rings (SSSR count). The Labute approximate surface area is 162 Å². The Morgan fingerprint density at radius 1 is 1.19 bits per heavy atom. The van der Waals surface area contributed by atoms with Gasteiger partial charge < -0.3 is 14.6 Å². The molecular weight excluding hydrogens is 336 g/mol. The lowest BCUT2D eigenvalue weighted by molar-refractivity contribution is -0.125. The SMILES string of the molecule is CCC(C(=O)NC1CCCCC1)n1c2c(c3ccc(OC)cc31)CCCC2. The van der Waals surface area contributed by atoms with Crippen molar-refractivity contribution < 1.29 is 9.53 Å². The summed E-state index contributed by atoms with van der Waals surface area (Å²) in [4.78, 5) is 13.3. The summed E-state index contributed by atoms with van der Waals surface area (Å²) in [6.07, 6.45) is 11.5. The maximum absolute atomic E-state index is 13.3. The Morgan fingerprint density at radius 2 is 1.96 bits per heavy atom. The first-order valence-corrected chi connectivity index (χ1v) is 10.7. The summed E-state index contributed by atoms with van der Waals surface area (Å²) in [5.41, 5.74) is 3.98. The van der Waals surface area contributed by atoms with E-state index in [0.29, 0.717) is 6.04 Å². The first-order valence-electron chi connectivity index (χ1n) is 10.7. The number of carbonyl (C=O) groups excluding carboxylic acids is 1. The van der Waals surface area contributed by atoms with Crippen LogP contribution < -0.4 is 10.1 Å². The number of aromatic nitrogens is 1. The molecule has 0 aliphatic heterocycles. The highest BCUT2D eigenvalue weighted by molar-refractivity contribution is 5.90. The lowest BCUT2D eigenvalue weighted by atomic mass is 9.94. The number of methoxy groups -OCH3 is 1. The number of nitrogens with one attached hydrogen (secondary N) is 1. The molecule has 1 N–H and O–H groups in total. The summed E-state index contributed by atoms with van der Waals surface area (Å²) in [7, 11) is 1.71. The van der Waals surface area contributed by atoms with Gasteiger partial charge in [-0.05, 0) is 62.6 Å². The van der Waals surface area contributed by atoms with Crippen molar-refractivity contribution in [2.45, 2.75) is 83.2 Å². The third-order valence-corrected chi connectivity index (χ3v) is 6.47. The van der Waals surface area contributed by atoms with Gasteiger partial charge >= 0.3 is 0 Å². The highest BCUT2D eigenvalue weighted by Crippen LogP contribution is 2.37. The predicted molar refractivity (Wildman–Crippen MR) is 109 cm³/mol. The predicted octanol–water partition coefficient (Wildman–Crippen LogP) is 4.93. The van der Waals surface area contributed by atoms with Crippen molar-refractivity contribution >= 4 is 16.8 Å². The lowest BCUT2D eigenvalue weighted by Crippen LogP contribution is -2.41. The minimum atomic E-state index is -0.136. The molecule has 0 spiro atoms. The van der Waals surface area contributed by atoms with Crippen LogP contribution in [0, 0.1) is 0 Å². The fourth-order valence-corrected chi connectivity index (χ4v) is 5.07. The number of fused-ring (bicyclic) bond motifs is 3. The van der Waals surface area contributed by atoms with Crippen molar-refractivity contribution in [3.8, 4) is 5.75 Å². The van der Waals surface area contributed by atoms with E-state index in [9.17, 15) is 4.79 Å². The van der Waals surface area contributed by atoms with E-state index in [1.807, 2.05) is 6.07 Å². The van der Waals surface area contributed by atoms with Gasteiger partial charge in [0.05, 0.1) is 12.6 Å². The average molecular weight is 369 g/mol. The van der Waals surface area contributed by atoms with E-state index in [-0.39, 0.29) is 11.9 Å². The van der Waals surface area contributed by atoms with Crippen molar-refractivity contribution in [1.29, 1.82) is 0 Å². The van der Waals surface area contributed by atoms with Gasteiger partial charge in [-0.25, -0.2) is 0 Å². The fraction of sp³-hybridized carbons (Fsp3) is 0.609. The molecule has 1 saturated carbocycles. The van der Waals surface area contributed by atoms with Gasteiger partial charge in [-0.2, -0.15) is 0 Å². The molecule has 1 amide bonds. The summed E-state index contributed by atoms with van der Waals surface area (Å²) in [6.45, 7) is 2.13. The first-order chi connectivity index (χ1) is 13.2. The Kier molecular flexibility index (Phi) is 5.42. The molecule has 1 aromatic heterocycles. The zero-order chi connectivity index (χ0) is 18.8. The fourth-order valence-electron chi connectivity index (χ4n) is 5.07. The van der Waals surface area contributed by atoms with E-state index in [0.717, 1.165) is 43.4 Å². The van der Waals surface area contributed by atoms with Crippen LogP contribution in [0.25, 0.3) is 10.9 Å². The van der Waals surface area contributed by atoms with E-state index in [4.69, 9.17) is 4.74 Å². The Hall–Kier alpha value is -1.97. The van der Waals surface area contributed by atoms with Gasteiger partial charge in [0.25, 0.3) is 0 Å². The number of nitrogens with zero attached hydrogens (tertiary/aromatic N) is 1. The molecule has 4 nitrogen and oxygen atoms in total. The minimum absolute atomic E-state index is 0.136.